The Kier molecular flexibility index (Phi) is 10.2. The number of hydrogen-bond acceptors (Lipinski definition) is 19. The van der Waals surface area contributed by atoms with Gasteiger partial charge in [0.25, 0.3) is 0 Å². The van der Waals surface area contributed by atoms with Crippen molar-refractivity contribution in [1.29, 1.82) is 0 Å². The summed E-state index contributed by atoms with van der Waals surface area (Å²) >= 11 is -1.68. The first-order valence-electron chi connectivity index (χ1n) is 13.8. The molecule has 0 saturated carbocycles. The number of aliphatic hydroxyl groups excluding tert-OH is 4. The number of imidazole rings is 2. The van der Waals surface area contributed by atoms with Gasteiger partial charge in [0.1, 0.15) is 0 Å². The molecule has 6 rings (SSSR count). The van der Waals surface area contributed by atoms with Crippen molar-refractivity contribution >= 4 is 49.5 Å². The molecule has 9 atom stereocenters. The quantitative estimate of drug-likeness (QED) is 0.0258. The average molecular weight is 847 g/mol. The van der Waals surface area contributed by atoms with Crippen LogP contribution in [0.1, 0.15) is 6.23 Å². The van der Waals surface area contributed by atoms with Gasteiger partial charge in [-0.1, -0.05) is 0 Å². The molecule has 2 aliphatic rings. The van der Waals surface area contributed by atoms with Crippen molar-refractivity contribution in [3.8, 4) is 0 Å². The first-order valence-corrected chi connectivity index (χ1v) is 19.1. The summed E-state index contributed by atoms with van der Waals surface area (Å²) in [6, 6.07) is 0. The van der Waals surface area contributed by atoms with Crippen LogP contribution in [0.5, 0.6) is 0 Å². The summed E-state index contributed by atoms with van der Waals surface area (Å²) in [6.07, 6.45) is -5.68. The Morgan fingerprint density at radius 1 is 0.857 bits per heavy atom. The van der Waals surface area contributed by atoms with E-state index in [0.29, 0.717) is 0 Å². The Labute approximate surface area is 284 Å². The van der Waals surface area contributed by atoms with Gasteiger partial charge in [0, 0.05) is 0 Å². The molecule has 0 bridgehead atoms. The van der Waals surface area contributed by atoms with Crippen molar-refractivity contribution in [2.24, 2.45) is 0 Å². The third-order valence-electron chi connectivity index (χ3n) is 7.65. The second-order valence-electron chi connectivity index (χ2n) is 10.7. The normalized spacial score (nSPS) is 30.5. The zero-order valence-corrected chi connectivity index (χ0v) is 28.5. The third kappa shape index (κ3) is 7.13. The van der Waals surface area contributed by atoms with E-state index in [1.54, 1.807) is 0 Å². The van der Waals surface area contributed by atoms with Crippen LogP contribution in [0.2, 0.25) is 0 Å². The summed E-state index contributed by atoms with van der Waals surface area (Å²) in [5, 5.41) is 43.1. The molecule has 0 amide bonds. The zero-order chi connectivity index (χ0) is 35.3. The van der Waals surface area contributed by atoms with Crippen LogP contribution in [0.15, 0.2) is 25.3 Å². The van der Waals surface area contributed by atoms with Crippen LogP contribution in [0.25, 0.3) is 22.3 Å². The number of hydrogen-bond donors (Lipinski definition) is 11. The minimum atomic E-state index is -4.98. The number of nitrogens with zero attached hydrogens (tertiary/aromatic N) is 8. The van der Waals surface area contributed by atoms with E-state index in [1.165, 1.54) is 28.1 Å². The van der Waals surface area contributed by atoms with E-state index < -0.39 is 106 Å². The number of halogens is 1. The van der Waals surface area contributed by atoms with E-state index >= 15 is 0 Å². The van der Waals surface area contributed by atoms with E-state index in [1.807, 2.05) is 0 Å². The van der Waals surface area contributed by atoms with Gasteiger partial charge in [-0.05, 0) is 0 Å². The third-order valence-corrected chi connectivity index (χ3v) is 12.2. The Bertz CT molecular complexity index is 1920. The van der Waals surface area contributed by atoms with E-state index in [0.717, 1.165) is 6.33 Å². The fourth-order valence-electron chi connectivity index (χ4n) is 5.30. The second-order valence-corrected chi connectivity index (χ2v) is 16.2. The van der Waals surface area contributed by atoms with Gasteiger partial charge >= 0.3 is 285 Å². The van der Waals surface area contributed by atoms with Crippen LogP contribution in [0.4, 0.5) is 11.6 Å². The monoisotopic (exact) mass is 847 g/mol. The van der Waals surface area contributed by atoms with Crippen molar-refractivity contribution in [2.45, 2.75) is 48.6 Å². The van der Waals surface area contributed by atoms with E-state index in [4.69, 9.17) is 35.3 Å². The minimum absolute atomic E-state index is 0.0130. The number of aliphatic hydroxyl groups is 4. The van der Waals surface area contributed by atoms with E-state index in [2.05, 4.69) is 41.3 Å². The predicted molar refractivity (Wildman–Crippen MR) is 155 cm³/mol. The number of nitrogen functional groups attached to an aromatic ring is 2. The fourth-order valence-corrected chi connectivity index (χ4v) is 8.79. The predicted octanol–water partition coefficient (Wildman–Crippen LogP) is -7.45. The second kappa shape index (κ2) is 13.8. The molecule has 4 aromatic heterocycles. The SMILES string of the molecule is Nc1ncnc2c1ncn2[C@@H]1O[C@H](COP(=O)(O)N[I-]NC[C@@]2(n3cnc4c(N)ncnc43)O[C@H](COP(=O)(O)O)[C@H](O)[C@@H]2O)[C@H](O)C1O. The number of rotatable bonds is 13. The maximum absolute atomic E-state index is 12.9. The molecule has 270 valence electrons. The number of ether oxygens (including phenoxy) is 2. The number of fused-ring (bicyclic) bond motifs is 2. The van der Waals surface area contributed by atoms with Gasteiger partial charge < -0.3 is 0 Å². The van der Waals surface area contributed by atoms with Crippen molar-refractivity contribution in [2.75, 3.05) is 31.2 Å². The average Bonchev–Trinajstić information content (AvgIpc) is 3.80. The van der Waals surface area contributed by atoms with Crippen molar-refractivity contribution in [1.82, 2.24) is 45.9 Å². The van der Waals surface area contributed by atoms with Gasteiger partial charge in [-0.3, -0.25) is 0 Å². The first kappa shape index (κ1) is 36.2. The molecule has 13 N–H and O–H groups in total. The zero-order valence-electron chi connectivity index (χ0n) is 24.6. The van der Waals surface area contributed by atoms with Gasteiger partial charge in [-0.25, -0.2) is 0 Å². The Balaban J connectivity index is 1.11. The number of aromatic nitrogens is 8. The van der Waals surface area contributed by atoms with Crippen LogP contribution < -0.4 is 40.1 Å². The fraction of sp³-hybridized carbons (Fsp3) is 0.524. The molecule has 0 radical (unpaired) electrons. The van der Waals surface area contributed by atoms with Crippen LogP contribution in [0, 0.1) is 0 Å². The molecule has 2 aliphatic heterocycles. The van der Waals surface area contributed by atoms with Crippen molar-refractivity contribution in [3.63, 3.8) is 0 Å². The van der Waals surface area contributed by atoms with Crippen LogP contribution in [0.3, 0.4) is 0 Å². The van der Waals surface area contributed by atoms with Crippen LogP contribution in [-0.2, 0) is 33.4 Å². The molecule has 0 spiro atoms. The number of phosphoric ester groups is 1. The van der Waals surface area contributed by atoms with Crippen LogP contribution in [-0.4, -0.2) is 131 Å². The molecule has 49 heavy (non-hydrogen) atoms. The maximum atomic E-state index is 12.9. The summed E-state index contributed by atoms with van der Waals surface area (Å²) < 4.78 is 53.1. The van der Waals surface area contributed by atoms with Crippen molar-refractivity contribution < 1.29 is 84.5 Å². The molecule has 2 saturated heterocycles. The standard InChI is InChI=1S/C21H30IN12O13P2/c23-16-10-18(27-4-25-16)33(6-29-10)20-14(37)12(35)8(46-20)1-44-48(39,40)32-22-31-3-21(34-7-30-11-17(24)26-5-28-19(11)34)15(38)13(36)9(47-21)2-45-49(41,42)43/h4-9,12-15,20,31,35-38H,1-3H2,(H2,23,25,27)(H2,24,26,28)(H2,32,39,40)(H2,41,42,43)/q-1/t8-,9-,12+,13+,14?,15+,20-,21-/m1/s1. The summed E-state index contributed by atoms with van der Waals surface area (Å²) in [5.41, 5.74) is 10.4. The van der Waals surface area contributed by atoms with Gasteiger partial charge in [-0.15, -0.1) is 0 Å². The number of anilines is 2. The summed E-state index contributed by atoms with van der Waals surface area (Å²) in [6.45, 7) is -1.84. The number of nitrogens with two attached hydrogens (primary N) is 2. The summed E-state index contributed by atoms with van der Waals surface area (Å²) in [4.78, 5) is 52.8. The molecule has 0 aliphatic carbocycles. The Hall–Kier alpha value is -2.63. The molecule has 28 heteroatoms. The topological polar surface area (TPSA) is 376 Å². The molecule has 25 nitrogen and oxygen atoms in total. The molecule has 4 aromatic rings. The van der Waals surface area contributed by atoms with E-state index in [-0.39, 0.29) is 34.0 Å². The van der Waals surface area contributed by atoms with Crippen LogP contribution >= 0.6 is 15.6 Å². The van der Waals surface area contributed by atoms with Gasteiger partial charge in [0.15, 0.2) is 0 Å². The molecule has 2 fully saturated rings. The first-order chi connectivity index (χ1) is 23.1. The molecule has 0 aromatic carbocycles. The summed E-state index contributed by atoms with van der Waals surface area (Å²) in [7, 11) is -9.56. The Morgan fingerprint density at radius 2 is 1.49 bits per heavy atom. The number of nitrogens with one attached hydrogen (secondary N) is 2. The van der Waals surface area contributed by atoms with Gasteiger partial charge in [-0.2, -0.15) is 0 Å². The van der Waals surface area contributed by atoms with Crippen molar-refractivity contribution in [3.05, 3.63) is 25.3 Å². The van der Waals surface area contributed by atoms with Gasteiger partial charge in [0.05, 0.1) is 0 Å². The van der Waals surface area contributed by atoms with E-state index in [9.17, 15) is 34.4 Å². The molecular formula is C21H30IN12O13P2-. The van der Waals surface area contributed by atoms with Gasteiger partial charge in [0.2, 0.25) is 0 Å². The molecule has 2 unspecified atom stereocenters. The molecular weight excluding hydrogens is 817 g/mol. The summed E-state index contributed by atoms with van der Waals surface area (Å²) in [5.74, 6) is 0.0729. The molecule has 6 heterocycles. The Morgan fingerprint density at radius 3 is 2.18 bits per heavy atom. The number of phosphoric acid groups is 1.